The van der Waals surface area contributed by atoms with Gasteiger partial charge in [-0.3, -0.25) is 4.90 Å². The normalized spacial score (nSPS) is 15.6. The van der Waals surface area contributed by atoms with Crippen LogP contribution in [-0.4, -0.2) is 29.5 Å². The largest absolute Gasteiger partial charge is 0.359 e. The van der Waals surface area contributed by atoms with E-state index in [0.29, 0.717) is 0 Å². The van der Waals surface area contributed by atoms with E-state index in [1.54, 1.807) is 0 Å². The average molecular weight is 316 g/mol. The lowest BCUT2D eigenvalue weighted by molar-refractivity contribution is 0.306. The molecule has 2 heteroatoms. The van der Waals surface area contributed by atoms with Crippen molar-refractivity contribution in [3.05, 3.63) is 77.5 Å². The van der Waals surface area contributed by atoms with Crippen LogP contribution in [0.1, 0.15) is 23.2 Å². The predicted octanol–water partition coefficient (Wildman–Crippen LogP) is 4.81. The van der Waals surface area contributed by atoms with Gasteiger partial charge in [-0.15, -0.1) is 0 Å². The van der Waals surface area contributed by atoms with Gasteiger partial charge in [-0.25, -0.2) is 0 Å². The molecule has 1 N–H and O–H groups in total. The molecule has 1 aliphatic rings. The van der Waals surface area contributed by atoms with Crippen LogP contribution >= 0.6 is 0 Å². The predicted molar refractivity (Wildman–Crippen MR) is 102 cm³/mol. The van der Waals surface area contributed by atoms with Gasteiger partial charge in [-0.1, -0.05) is 48.5 Å². The van der Waals surface area contributed by atoms with Crippen molar-refractivity contribution in [2.24, 2.45) is 0 Å². The number of nitrogens with zero attached hydrogens (tertiary/aromatic N) is 1. The number of nitrogens with one attached hydrogen (secondary N) is 1. The van der Waals surface area contributed by atoms with Crippen molar-refractivity contribution in [3.8, 4) is 0 Å². The van der Waals surface area contributed by atoms with Gasteiger partial charge in [0.15, 0.2) is 0 Å². The SMILES string of the molecule is Cc1cc2c(CCN3CC=C(c4ccccc4)CC3)cccc2[nH]1. The molecule has 2 nitrogen and oxygen atoms in total. The van der Waals surface area contributed by atoms with Crippen molar-refractivity contribution in [3.63, 3.8) is 0 Å². The second kappa shape index (κ2) is 6.66. The number of hydrogen-bond donors (Lipinski definition) is 1. The van der Waals surface area contributed by atoms with Gasteiger partial charge < -0.3 is 4.98 Å². The van der Waals surface area contributed by atoms with E-state index in [9.17, 15) is 0 Å². The lowest BCUT2D eigenvalue weighted by atomic mass is 9.99. The number of fused-ring (bicyclic) bond motifs is 1. The molecule has 2 aromatic carbocycles. The fourth-order valence-electron chi connectivity index (χ4n) is 3.68. The molecular weight excluding hydrogens is 292 g/mol. The first-order chi connectivity index (χ1) is 11.8. The van der Waals surface area contributed by atoms with Gasteiger partial charge in [-0.2, -0.15) is 0 Å². The molecule has 0 bridgehead atoms. The topological polar surface area (TPSA) is 19.0 Å². The van der Waals surface area contributed by atoms with Gasteiger partial charge in [0.05, 0.1) is 0 Å². The van der Waals surface area contributed by atoms with Crippen molar-refractivity contribution in [2.45, 2.75) is 19.8 Å². The maximum atomic E-state index is 3.44. The van der Waals surface area contributed by atoms with Crippen molar-refractivity contribution < 1.29 is 0 Å². The summed E-state index contributed by atoms with van der Waals surface area (Å²) in [5.74, 6) is 0. The first kappa shape index (κ1) is 15.2. The summed E-state index contributed by atoms with van der Waals surface area (Å²) in [7, 11) is 0. The lowest BCUT2D eigenvalue weighted by Gasteiger charge is -2.26. The minimum absolute atomic E-state index is 1.06. The standard InChI is InChI=1S/C22H24N2/c1-17-16-21-20(8-5-9-22(21)23-17)12-15-24-13-10-19(11-14-24)18-6-3-2-4-7-18/h2-10,16,23H,11-15H2,1H3. The monoisotopic (exact) mass is 316 g/mol. The van der Waals surface area contributed by atoms with Crippen LogP contribution in [0.25, 0.3) is 16.5 Å². The van der Waals surface area contributed by atoms with Crippen LogP contribution < -0.4 is 0 Å². The molecule has 0 spiro atoms. The van der Waals surface area contributed by atoms with E-state index in [-0.39, 0.29) is 0 Å². The van der Waals surface area contributed by atoms with Crippen molar-refractivity contribution in [1.29, 1.82) is 0 Å². The van der Waals surface area contributed by atoms with E-state index in [2.05, 4.69) is 77.5 Å². The highest BCUT2D eigenvalue weighted by Crippen LogP contribution is 2.23. The maximum absolute atomic E-state index is 3.44. The Morgan fingerprint density at radius 1 is 1.04 bits per heavy atom. The minimum atomic E-state index is 1.06. The molecule has 0 fully saturated rings. The van der Waals surface area contributed by atoms with E-state index >= 15 is 0 Å². The highest BCUT2D eigenvalue weighted by Gasteiger charge is 2.13. The van der Waals surface area contributed by atoms with Gasteiger partial charge in [0, 0.05) is 36.2 Å². The molecular formula is C22H24N2. The molecule has 2 heterocycles. The Balaban J connectivity index is 1.41. The van der Waals surface area contributed by atoms with E-state index in [4.69, 9.17) is 0 Å². The molecule has 0 unspecified atom stereocenters. The number of benzene rings is 2. The average Bonchev–Trinajstić information content (AvgIpc) is 3.02. The van der Waals surface area contributed by atoms with Gasteiger partial charge in [-0.05, 0) is 48.6 Å². The molecule has 0 saturated carbocycles. The Morgan fingerprint density at radius 2 is 1.92 bits per heavy atom. The Kier molecular flexibility index (Phi) is 4.22. The van der Waals surface area contributed by atoms with Gasteiger partial charge in [0.2, 0.25) is 0 Å². The van der Waals surface area contributed by atoms with E-state index < -0.39 is 0 Å². The quantitative estimate of drug-likeness (QED) is 0.732. The molecule has 122 valence electrons. The first-order valence-corrected chi connectivity index (χ1v) is 8.83. The molecule has 0 amide bonds. The zero-order valence-electron chi connectivity index (χ0n) is 14.3. The molecule has 1 aromatic heterocycles. The molecule has 3 aromatic rings. The third kappa shape index (κ3) is 3.15. The van der Waals surface area contributed by atoms with Crippen LogP contribution in [0.4, 0.5) is 0 Å². The number of H-pyrrole nitrogens is 1. The van der Waals surface area contributed by atoms with Crippen LogP contribution in [0, 0.1) is 6.92 Å². The molecule has 4 rings (SSSR count). The first-order valence-electron chi connectivity index (χ1n) is 8.83. The smallest absolute Gasteiger partial charge is 0.0458 e. The summed E-state index contributed by atoms with van der Waals surface area (Å²) in [5.41, 5.74) is 6.83. The van der Waals surface area contributed by atoms with E-state index in [1.165, 1.54) is 33.3 Å². The van der Waals surface area contributed by atoms with Crippen molar-refractivity contribution >= 4 is 16.5 Å². The number of aryl methyl sites for hydroxylation is 1. The van der Waals surface area contributed by atoms with Crippen LogP contribution in [0.15, 0.2) is 60.7 Å². The fourth-order valence-corrected chi connectivity index (χ4v) is 3.68. The second-order valence-corrected chi connectivity index (χ2v) is 6.73. The second-order valence-electron chi connectivity index (χ2n) is 6.73. The molecule has 0 atom stereocenters. The van der Waals surface area contributed by atoms with Gasteiger partial charge in [0.1, 0.15) is 0 Å². The van der Waals surface area contributed by atoms with E-state index in [1.807, 2.05) is 0 Å². The van der Waals surface area contributed by atoms with Gasteiger partial charge in [0.25, 0.3) is 0 Å². The number of rotatable bonds is 4. The molecule has 0 saturated heterocycles. The van der Waals surface area contributed by atoms with Crippen molar-refractivity contribution in [2.75, 3.05) is 19.6 Å². The minimum Gasteiger partial charge on any atom is -0.359 e. The summed E-state index contributed by atoms with van der Waals surface area (Å²) >= 11 is 0. The summed E-state index contributed by atoms with van der Waals surface area (Å²) in [5, 5.41) is 1.38. The van der Waals surface area contributed by atoms with Crippen LogP contribution in [-0.2, 0) is 6.42 Å². The highest BCUT2D eigenvalue weighted by molar-refractivity contribution is 5.83. The lowest BCUT2D eigenvalue weighted by Crippen LogP contribution is -2.30. The van der Waals surface area contributed by atoms with Crippen LogP contribution in [0.3, 0.4) is 0 Å². The van der Waals surface area contributed by atoms with Crippen LogP contribution in [0.5, 0.6) is 0 Å². The molecule has 24 heavy (non-hydrogen) atoms. The Labute approximate surface area is 143 Å². The third-order valence-electron chi connectivity index (χ3n) is 5.02. The van der Waals surface area contributed by atoms with Crippen molar-refractivity contribution in [1.82, 2.24) is 9.88 Å². The number of aromatic nitrogens is 1. The number of hydrogen-bond acceptors (Lipinski definition) is 1. The highest BCUT2D eigenvalue weighted by atomic mass is 15.1. The third-order valence-corrected chi connectivity index (χ3v) is 5.02. The summed E-state index contributed by atoms with van der Waals surface area (Å²) in [6.45, 7) is 5.47. The summed E-state index contributed by atoms with van der Waals surface area (Å²) in [4.78, 5) is 6.00. The summed E-state index contributed by atoms with van der Waals surface area (Å²) in [6.07, 6.45) is 4.67. The Hall–Kier alpha value is -2.32. The molecule has 0 radical (unpaired) electrons. The number of aromatic amines is 1. The zero-order chi connectivity index (χ0) is 16.4. The van der Waals surface area contributed by atoms with Crippen LogP contribution in [0.2, 0.25) is 0 Å². The Bertz CT molecular complexity index is 858. The molecule has 1 aliphatic heterocycles. The van der Waals surface area contributed by atoms with Gasteiger partial charge >= 0.3 is 0 Å². The zero-order valence-corrected chi connectivity index (χ0v) is 14.3. The maximum Gasteiger partial charge on any atom is 0.0458 e. The Morgan fingerprint density at radius 3 is 2.71 bits per heavy atom. The fraction of sp³-hybridized carbons (Fsp3) is 0.273. The summed E-state index contributed by atoms with van der Waals surface area (Å²) < 4.78 is 0. The molecule has 0 aliphatic carbocycles. The van der Waals surface area contributed by atoms with E-state index in [0.717, 1.165) is 32.5 Å². The summed E-state index contributed by atoms with van der Waals surface area (Å²) in [6, 6.07) is 19.7.